The minimum Gasteiger partial charge on any atom is -0.490 e. The van der Waals surface area contributed by atoms with Crippen LogP contribution in [-0.2, 0) is 0 Å². The lowest BCUT2D eigenvalue weighted by molar-refractivity contribution is 0.0734. The number of hydrogen-bond acceptors (Lipinski definition) is 3. The van der Waals surface area contributed by atoms with Gasteiger partial charge in [0.05, 0.1) is 17.7 Å². The van der Waals surface area contributed by atoms with Crippen LogP contribution in [0.1, 0.15) is 47.7 Å². The smallest absolute Gasteiger partial charge is 0.343 e. The Morgan fingerprint density at radius 2 is 1.56 bits per heavy atom. The number of carbonyl (C=O) groups excluding carboxylic acids is 1. The van der Waals surface area contributed by atoms with E-state index < -0.39 is 23.4 Å². The van der Waals surface area contributed by atoms with E-state index in [1.54, 1.807) is 12.1 Å². The summed E-state index contributed by atoms with van der Waals surface area (Å²) >= 11 is 0. The van der Waals surface area contributed by atoms with Gasteiger partial charge in [-0.1, -0.05) is 31.6 Å². The van der Waals surface area contributed by atoms with Crippen LogP contribution in [0.3, 0.4) is 0 Å². The van der Waals surface area contributed by atoms with Crippen molar-refractivity contribution in [3.05, 3.63) is 94.8 Å². The molecule has 3 nitrogen and oxygen atoms in total. The van der Waals surface area contributed by atoms with Crippen molar-refractivity contribution >= 4 is 5.97 Å². The van der Waals surface area contributed by atoms with Gasteiger partial charge in [0, 0.05) is 5.56 Å². The number of carbonyl (C=O) groups is 1. The molecule has 0 fully saturated rings. The third-order valence-corrected chi connectivity index (χ3v) is 4.54. The molecule has 0 aliphatic rings. The molecular weight excluding hydrogens is 417 g/mol. The minimum absolute atomic E-state index is 0.0878. The van der Waals surface area contributed by atoms with Crippen molar-refractivity contribution in [2.75, 3.05) is 6.61 Å². The average Bonchev–Trinajstić information content (AvgIpc) is 2.80. The van der Waals surface area contributed by atoms with Gasteiger partial charge in [0.2, 0.25) is 5.82 Å². The largest absolute Gasteiger partial charge is 0.490 e. The highest BCUT2D eigenvalue weighted by Crippen LogP contribution is 2.23. The van der Waals surface area contributed by atoms with E-state index in [9.17, 15) is 18.0 Å². The van der Waals surface area contributed by atoms with Crippen LogP contribution in [0.15, 0.2) is 60.7 Å². The molecule has 0 saturated heterocycles. The second kappa shape index (κ2) is 11.1. The molecule has 0 radical (unpaired) electrons. The highest BCUT2D eigenvalue weighted by Gasteiger charge is 2.13. The van der Waals surface area contributed by atoms with Crippen molar-refractivity contribution in [3.8, 4) is 23.3 Å². The zero-order chi connectivity index (χ0) is 22.9. The molecule has 0 aliphatic carbocycles. The molecular formula is C26H21F3O3. The molecule has 0 spiro atoms. The first-order chi connectivity index (χ1) is 15.5. The van der Waals surface area contributed by atoms with E-state index in [0.717, 1.165) is 19.3 Å². The van der Waals surface area contributed by atoms with Crippen LogP contribution < -0.4 is 9.47 Å². The van der Waals surface area contributed by atoms with E-state index in [-0.39, 0.29) is 22.6 Å². The van der Waals surface area contributed by atoms with E-state index in [1.165, 1.54) is 48.5 Å². The molecule has 0 unspecified atom stereocenters. The first kappa shape index (κ1) is 23.0. The monoisotopic (exact) mass is 438 g/mol. The van der Waals surface area contributed by atoms with E-state index in [1.807, 2.05) is 6.92 Å². The van der Waals surface area contributed by atoms with Crippen LogP contribution in [0, 0.1) is 29.3 Å². The topological polar surface area (TPSA) is 35.5 Å². The van der Waals surface area contributed by atoms with Gasteiger partial charge in [0.25, 0.3) is 0 Å². The van der Waals surface area contributed by atoms with Crippen LogP contribution in [-0.4, -0.2) is 12.6 Å². The Balaban J connectivity index is 1.64. The van der Waals surface area contributed by atoms with Gasteiger partial charge in [0.1, 0.15) is 11.6 Å². The lowest BCUT2D eigenvalue weighted by Gasteiger charge is -2.08. The Kier molecular flexibility index (Phi) is 7.93. The Labute approximate surface area is 184 Å². The van der Waals surface area contributed by atoms with Gasteiger partial charge in [-0.2, -0.15) is 4.39 Å². The predicted molar refractivity (Wildman–Crippen MR) is 115 cm³/mol. The standard InChI is InChI=1S/C26H21F3O3/c1-2-3-4-17-31-23-16-11-19(24(28)25(23)29)8-5-18-6-14-22(15-7-18)32-26(30)20-9-12-21(27)13-10-20/h6-7,9-16H,2-4,17H2,1H3. The van der Waals surface area contributed by atoms with Crippen molar-refractivity contribution in [2.24, 2.45) is 0 Å². The molecule has 6 heteroatoms. The van der Waals surface area contributed by atoms with Gasteiger partial charge < -0.3 is 9.47 Å². The number of halogens is 3. The number of benzene rings is 3. The first-order valence-corrected chi connectivity index (χ1v) is 10.2. The summed E-state index contributed by atoms with van der Waals surface area (Å²) in [7, 11) is 0. The quantitative estimate of drug-likeness (QED) is 0.188. The third kappa shape index (κ3) is 6.14. The Morgan fingerprint density at radius 3 is 2.25 bits per heavy atom. The average molecular weight is 438 g/mol. The molecule has 0 saturated carbocycles. The number of unbranched alkanes of at least 4 members (excludes halogenated alkanes) is 2. The fourth-order valence-corrected chi connectivity index (χ4v) is 2.77. The van der Waals surface area contributed by atoms with Gasteiger partial charge in [-0.05, 0) is 67.1 Å². The zero-order valence-electron chi connectivity index (χ0n) is 17.5. The molecule has 32 heavy (non-hydrogen) atoms. The molecule has 0 amide bonds. The maximum absolute atomic E-state index is 14.3. The highest BCUT2D eigenvalue weighted by molar-refractivity contribution is 5.91. The Bertz CT molecular complexity index is 1130. The number of ether oxygens (including phenoxy) is 2. The van der Waals surface area contributed by atoms with Crippen molar-refractivity contribution in [1.82, 2.24) is 0 Å². The van der Waals surface area contributed by atoms with E-state index in [2.05, 4.69) is 11.8 Å². The summed E-state index contributed by atoms with van der Waals surface area (Å²) in [5.41, 5.74) is 0.645. The predicted octanol–water partition coefficient (Wildman–Crippen LogP) is 6.29. The summed E-state index contributed by atoms with van der Waals surface area (Å²) in [6.45, 7) is 2.37. The summed E-state index contributed by atoms with van der Waals surface area (Å²) in [5, 5.41) is 0. The van der Waals surface area contributed by atoms with Gasteiger partial charge >= 0.3 is 5.97 Å². The maximum atomic E-state index is 14.3. The van der Waals surface area contributed by atoms with Crippen LogP contribution in [0.2, 0.25) is 0 Å². The van der Waals surface area contributed by atoms with Gasteiger partial charge in [-0.25, -0.2) is 13.6 Å². The van der Waals surface area contributed by atoms with Crippen molar-refractivity contribution in [3.63, 3.8) is 0 Å². The van der Waals surface area contributed by atoms with Crippen LogP contribution in [0.25, 0.3) is 0 Å². The van der Waals surface area contributed by atoms with Crippen LogP contribution in [0.4, 0.5) is 13.2 Å². The molecule has 3 rings (SSSR count). The summed E-state index contributed by atoms with van der Waals surface area (Å²) in [6.07, 6.45) is 2.73. The molecule has 0 N–H and O–H groups in total. The van der Waals surface area contributed by atoms with E-state index >= 15 is 0 Å². The summed E-state index contributed by atoms with van der Waals surface area (Å²) < 4.78 is 52.0. The number of hydrogen-bond donors (Lipinski definition) is 0. The molecule has 3 aromatic rings. The van der Waals surface area contributed by atoms with Crippen LogP contribution in [0.5, 0.6) is 11.5 Å². The SMILES string of the molecule is CCCCCOc1ccc(C#Cc2ccc(OC(=O)c3ccc(F)cc3)cc2)c(F)c1F. The maximum Gasteiger partial charge on any atom is 0.343 e. The molecule has 164 valence electrons. The Hall–Kier alpha value is -3.72. The normalized spacial score (nSPS) is 10.2. The molecule has 3 aromatic carbocycles. The minimum atomic E-state index is -1.06. The second-order valence-electron chi connectivity index (χ2n) is 6.97. The summed E-state index contributed by atoms with van der Waals surface area (Å²) in [6, 6.07) is 13.9. The van der Waals surface area contributed by atoms with E-state index in [4.69, 9.17) is 9.47 Å². The van der Waals surface area contributed by atoms with E-state index in [0.29, 0.717) is 12.2 Å². The molecule has 0 heterocycles. The third-order valence-electron chi connectivity index (χ3n) is 4.54. The van der Waals surface area contributed by atoms with Gasteiger partial charge in [-0.15, -0.1) is 0 Å². The summed E-state index contributed by atoms with van der Waals surface area (Å²) in [4.78, 5) is 12.1. The summed E-state index contributed by atoms with van der Waals surface area (Å²) in [5.74, 6) is 2.30. The highest BCUT2D eigenvalue weighted by atomic mass is 19.2. The lowest BCUT2D eigenvalue weighted by atomic mass is 10.1. The van der Waals surface area contributed by atoms with Crippen LogP contribution >= 0.6 is 0 Å². The Morgan fingerprint density at radius 1 is 0.844 bits per heavy atom. The van der Waals surface area contributed by atoms with Crippen molar-refractivity contribution in [2.45, 2.75) is 26.2 Å². The van der Waals surface area contributed by atoms with Gasteiger partial charge in [0.15, 0.2) is 11.6 Å². The fourth-order valence-electron chi connectivity index (χ4n) is 2.77. The van der Waals surface area contributed by atoms with Crippen molar-refractivity contribution < 1.29 is 27.4 Å². The number of esters is 1. The molecule has 0 aromatic heterocycles. The number of rotatable bonds is 7. The molecule has 0 aliphatic heterocycles. The fraction of sp³-hybridized carbons (Fsp3) is 0.192. The first-order valence-electron chi connectivity index (χ1n) is 10.2. The lowest BCUT2D eigenvalue weighted by Crippen LogP contribution is -2.08. The van der Waals surface area contributed by atoms with Crippen molar-refractivity contribution in [1.29, 1.82) is 0 Å². The molecule has 0 bridgehead atoms. The molecule has 0 atom stereocenters. The second-order valence-corrected chi connectivity index (χ2v) is 6.97. The zero-order valence-corrected chi connectivity index (χ0v) is 17.5. The van der Waals surface area contributed by atoms with Gasteiger partial charge in [-0.3, -0.25) is 0 Å².